The van der Waals surface area contributed by atoms with Crippen LogP contribution in [-0.4, -0.2) is 41.7 Å². The molecule has 4 rings (SSSR count). The number of fused-ring (bicyclic) bond motifs is 1. The lowest BCUT2D eigenvalue weighted by Crippen LogP contribution is -2.12. The first-order valence-electron chi connectivity index (χ1n) is 7.41. The largest absolute Gasteiger partial charge is 0.339 e. The van der Waals surface area contributed by atoms with Crippen molar-refractivity contribution in [2.75, 3.05) is 5.32 Å². The maximum Gasteiger partial charge on any atom is 0.213 e. The molecule has 24 heavy (non-hydrogen) atoms. The minimum Gasteiger partial charge on any atom is -0.339 e. The molecule has 122 valence electrons. The van der Waals surface area contributed by atoms with E-state index in [1.165, 1.54) is 11.8 Å². The molecule has 2 atom stereocenters. The third kappa shape index (κ3) is 3.22. The van der Waals surface area contributed by atoms with Crippen LogP contribution in [0.1, 0.15) is 6.92 Å². The number of nitrogens with one attached hydrogen (secondary N) is 1. The maximum atomic E-state index is 4.45. The van der Waals surface area contributed by atoms with Gasteiger partial charge in [-0.1, -0.05) is 0 Å². The molecule has 0 bridgehead atoms. The zero-order valence-corrected chi connectivity index (χ0v) is 14.8. The van der Waals surface area contributed by atoms with Crippen molar-refractivity contribution in [2.24, 2.45) is 12.0 Å². The first-order valence-corrected chi connectivity index (χ1v) is 9.17. The summed E-state index contributed by atoms with van der Waals surface area (Å²) < 4.78 is 1.69. The average Bonchev–Trinajstić information content (AvgIpc) is 3.16. The van der Waals surface area contributed by atoms with Crippen LogP contribution in [0, 0.1) is 0 Å². The first-order chi connectivity index (χ1) is 11.7. The van der Waals surface area contributed by atoms with E-state index < -0.39 is 0 Å². The Morgan fingerprint density at radius 2 is 2.17 bits per heavy atom. The van der Waals surface area contributed by atoms with Crippen LogP contribution in [-0.2, 0) is 7.05 Å². The summed E-state index contributed by atoms with van der Waals surface area (Å²) in [6.45, 7) is 2.13. The number of hydrogen-bond acceptors (Lipinski definition) is 8. The SMILES string of the molecule is CC1C=NC(Nc2ncnc3ccc(Sc4ncn(C)n4)cc23)S1. The predicted octanol–water partition coefficient (Wildman–Crippen LogP) is 2.81. The van der Waals surface area contributed by atoms with E-state index in [9.17, 15) is 0 Å². The Bertz CT molecular complexity index is 908. The van der Waals surface area contributed by atoms with Crippen molar-refractivity contribution in [1.82, 2.24) is 24.7 Å². The summed E-state index contributed by atoms with van der Waals surface area (Å²) in [6.07, 6.45) is 5.22. The second-order valence-electron chi connectivity index (χ2n) is 5.34. The number of aryl methyl sites for hydroxylation is 1. The van der Waals surface area contributed by atoms with E-state index in [4.69, 9.17) is 0 Å². The quantitative estimate of drug-likeness (QED) is 0.769. The van der Waals surface area contributed by atoms with Gasteiger partial charge in [0.2, 0.25) is 5.16 Å². The van der Waals surface area contributed by atoms with E-state index in [2.05, 4.69) is 43.3 Å². The molecule has 3 aromatic rings. The van der Waals surface area contributed by atoms with E-state index in [1.807, 2.05) is 25.4 Å². The van der Waals surface area contributed by atoms with Gasteiger partial charge in [-0.05, 0) is 36.9 Å². The highest BCUT2D eigenvalue weighted by atomic mass is 32.2. The summed E-state index contributed by atoms with van der Waals surface area (Å²) in [5, 5.41) is 9.77. The molecule has 0 fully saturated rings. The summed E-state index contributed by atoms with van der Waals surface area (Å²) in [4.78, 5) is 18.5. The van der Waals surface area contributed by atoms with Gasteiger partial charge in [0.15, 0.2) is 5.50 Å². The second kappa shape index (κ2) is 6.40. The molecule has 7 nitrogen and oxygen atoms in total. The minimum atomic E-state index is -0.00753. The average molecular weight is 357 g/mol. The fourth-order valence-electron chi connectivity index (χ4n) is 2.35. The standard InChI is InChI=1S/C15H15N7S2/c1-9-6-16-14(23-9)20-13-11-5-10(3-4-12(11)17-7-18-13)24-15-19-8-22(2)21-15/h3-9,14H,1-2H3,(H,17,18,20). The van der Waals surface area contributed by atoms with Crippen LogP contribution in [0.2, 0.25) is 0 Å². The van der Waals surface area contributed by atoms with E-state index >= 15 is 0 Å². The highest BCUT2D eigenvalue weighted by molar-refractivity contribution is 8.01. The number of nitrogens with zero attached hydrogens (tertiary/aromatic N) is 6. The normalized spacial score (nSPS) is 19.9. The lowest BCUT2D eigenvalue weighted by molar-refractivity contribution is 0.738. The van der Waals surface area contributed by atoms with Crippen molar-refractivity contribution in [3.05, 3.63) is 30.9 Å². The summed E-state index contributed by atoms with van der Waals surface area (Å²) in [5.41, 5.74) is 0.887. The monoisotopic (exact) mass is 357 g/mol. The number of rotatable bonds is 4. The fraction of sp³-hybridized carbons (Fsp3) is 0.267. The van der Waals surface area contributed by atoms with Gasteiger partial charge < -0.3 is 5.32 Å². The van der Waals surface area contributed by atoms with Gasteiger partial charge in [0, 0.05) is 28.8 Å². The topological polar surface area (TPSA) is 80.9 Å². The fourth-order valence-corrected chi connectivity index (χ4v) is 4.01. The van der Waals surface area contributed by atoms with Crippen molar-refractivity contribution in [3.8, 4) is 0 Å². The van der Waals surface area contributed by atoms with Crippen molar-refractivity contribution < 1.29 is 0 Å². The molecule has 0 saturated heterocycles. The lowest BCUT2D eigenvalue weighted by atomic mass is 10.2. The Balaban J connectivity index is 1.64. The molecule has 0 saturated carbocycles. The Morgan fingerprint density at radius 1 is 1.25 bits per heavy atom. The smallest absolute Gasteiger partial charge is 0.213 e. The summed E-state index contributed by atoms with van der Waals surface area (Å²) in [7, 11) is 1.86. The zero-order valence-electron chi connectivity index (χ0n) is 13.1. The number of thioether (sulfide) groups is 1. The van der Waals surface area contributed by atoms with E-state index in [1.54, 1.807) is 29.1 Å². The van der Waals surface area contributed by atoms with Crippen molar-refractivity contribution in [3.63, 3.8) is 0 Å². The Morgan fingerprint density at radius 3 is 2.92 bits per heavy atom. The number of aliphatic imine (C=N–C) groups is 1. The van der Waals surface area contributed by atoms with Crippen molar-refractivity contribution in [1.29, 1.82) is 0 Å². The molecule has 1 aliphatic heterocycles. The number of anilines is 1. The summed E-state index contributed by atoms with van der Waals surface area (Å²) in [6, 6.07) is 6.07. The molecule has 3 heterocycles. The molecule has 1 N–H and O–H groups in total. The van der Waals surface area contributed by atoms with Crippen LogP contribution in [0.4, 0.5) is 5.82 Å². The molecule has 1 aliphatic rings. The van der Waals surface area contributed by atoms with Crippen LogP contribution >= 0.6 is 23.5 Å². The Kier molecular flexibility index (Phi) is 4.11. The van der Waals surface area contributed by atoms with Crippen LogP contribution in [0.25, 0.3) is 10.9 Å². The maximum absolute atomic E-state index is 4.45. The number of aromatic nitrogens is 5. The zero-order chi connectivity index (χ0) is 16.5. The first kappa shape index (κ1) is 15.4. The van der Waals surface area contributed by atoms with E-state index in [0.29, 0.717) is 10.4 Å². The van der Waals surface area contributed by atoms with Gasteiger partial charge in [-0.3, -0.25) is 9.67 Å². The number of benzene rings is 1. The Labute approximate surface area is 147 Å². The molecule has 0 spiro atoms. The molecule has 0 amide bonds. The van der Waals surface area contributed by atoms with Crippen LogP contribution < -0.4 is 5.32 Å². The molecule has 2 aromatic heterocycles. The summed E-state index contributed by atoms with van der Waals surface area (Å²) >= 11 is 3.27. The molecule has 9 heteroatoms. The molecule has 2 unspecified atom stereocenters. The lowest BCUT2D eigenvalue weighted by Gasteiger charge is -2.13. The third-order valence-electron chi connectivity index (χ3n) is 3.43. The van der Waals surface area contributed by atoms with Gasteiger partial charge in [0.05, 0.1) is 5.52 Å². The molecular weight excluding hydrogens is 342 g/mol. The van der Waals surface area contributed by atoms with Gasteiger partial charge in [-0.2, -0.15) is 0 Å². The third-order valence-corrected chi connectivity index (χ3v) is 5.34. The van der Waals surface area contributed by atoms with Crippen LogP contribution in [0.5, 0.6) is 0 Å². The van der Waals surface area contributed by atoms with Gasteiger partial charge in [0.1, 0.15) is 18.5 Å². The summed E-state index contributed by atoms with van der Waals surface area (Å²) in [5.74, 6) is 0.792. The van der Waals surface area contributed by atoms with Crippen LogP contribution in [0.15, 0.2) is 45.9 Å². The highest BCUT2D eigenvalue weighted by Gasteiger charge is 2.18. The highest BCUT2D eigenvalue weighted by Crippen LogP contribution is 2.31. The van der Waals surface area contributed by atoms with E-state index in [0.717, 1.165) is 21.6 Å². The van der Waals surface area contributed by atoms with Gasteiger partial charge in [-0.25, -0.2) is 15.0 Å². The van der Waals surface area contributed by atoms with Crippen molar-refractivity contribution >= 4 is 46.5 Å². The van der Waals surface area contributed by atoms with Crippen LogP contribution in [0.3, 0.4) is 0 Å². The predicted molar refractivity (Wildman–Crippen MR) is 97.6 cm³/mol. The second-order valence-corrected chi connectivity index (χ2v) is 7.84. The van der Waals surface area contributed by atoms with Gasteiger partial charge in [0.25, 0.3) is 0 Å². The van der Waals surface area contributed by atoms with Crippen molar-refractivity contribution in [2.45, 2.75) is 27.7 Å². The Hall–Kier alpha value is -2.13. The molecule has 1 aromatic carbocycles. The van der Waals surface area contributed by atoms with Gasteiger partial charge in [-0.15, -0.1) is 16.9 Å². The number of hydrogen-bond donors (Lipinski definition) is 1. The molecule has 0 radical (unpaired) electrons. The van der Waals surface area contributed by atoms with Gasteiger partial charge >= 0.3 is 0 Å². The molecular formula is C15H15N7S2. The molecule has 0 aliphatic carbocycles. The van der Waals surface area contributed by atoms with E-state index in [-0.39, 0.29) is 5.50 Å². The minimum absolute atomic E-state index is 0.00753.